The Labute approximate surface area is 105 Å². The molecule has 0 aromatic heterocycles. The van der Waals surface area contributed by atoms with Crippen molar-refractivity contribution in [3.63, 3.8) is 0 Å². The van der Waals surface area contributed by atoms with Crippen molar-refractivity contribution >= 4 is 11.4 Å². The summed E-state index contributed by atoms with van der Waals surface area (Å²) >= 11 is 0. The van der Waals surface area contributed by atoms with Gasteiger partial charge in [0.25, 0.3) is 0 Å². The van der Waals surface area contributed by atoms with Gasteiger partial charge in [0, 0.05) is 34.2 Å². The first-order chi connectivity index (χ1) is 8.15. The number of hydrogen-bond acceptors (Lipinski definition) is 4. The van der Waals surface area contributed by atoms with Crippen LogP contribution in [0.5, 0.6) is 0 Å². The van der Waals surface area contributed by atoms with E-state index >= 15 is 0 Å². The molecule has 1 N–H and O–H groups in total. The highest BCUT2D eigenvalue weighted by Gasteiger charge is 2.17. The number of hydrazine groups is 2. The van der Waals surface area contributed by atoms with Crippen LogP contribution < -0.4 is 10.4 Å². The number of benzene rings is 1. The van der Waals surface area contributed by atoms with Crippen molar-refractivity contribution in [3.05, 3.63) is 24.3 Å². The van der Waals surface area contributed by atoms with Crippen LogP contribution >= 0.6 is 0 Å². The molecule has 0 saturated carbocycles. The number of rotatable bonds is 6. The van der Waals surface area contributed by atoms with Gasteiger partial charge in [-0.15, -0.1) is 0 Å². The molecule has 0 radical (unpaired) electrons. The van der Waals surface area contributed by atoms with Crippen molar-refractivity contribution in [2.75, 3.05) is 44.7 Å². The normalized spacial score (nSPS) is 11.0. The van der Waals surface area contributed by atoms with Gasteiger partial charge >= 0.3 is 0 Å². The first kappa shape index (κ1) is 13.8. The lowest BCUT2D eigenvalue weighted by atomic mass is 10.2. The summed E-state index contributed by atoms with van der Waals surface area (Å²) in [7, 11) is 6.07. The van der Waals surface area contributed by atoms with E-state index in [2.05, 4.69) is 66.6 Å². The van der Waals surface area contributed by atoms with E-state index in [1.165, 1.54) is 5.69 Å². The first-order valence-electron chi connectivity index (χ1n) is 6.14. The molecule has 17 heavy (non-hydrogen) atoms. The second kappa shape index (κ2) is 6.47. The molecule has 1 rings (SSSR count). The second-order valence-electron chi connectivity index (χ2n) is 4.04. The van der Waals surface area contributed by atoms with Gasteiger partial charge in [-0.3, -0.25) is 0 Å². The molecule has 4 heteroatoms. The highest BCUT2D eigenvalue weighted by Crippen LogP contribution is 2.26. The van der Waals surface area contributed by atoms with E-state index in [1.54, 1.807) is 0 Å². The third-order valence-corrected chi connectivity index (χ3v) is 2.77. The predicted molar refractivity (Wildman–Crippen MR) is 75.1 cm³/mol. The SMILES string of the molecule is CCN(CC)N(c1ccccc1NC)N(C)C. The van der Waals surface area contributed by atoms with Gasteiger partial charge in [0.05, 0.1) is 11.4 Å². The molecule has 0 spiro atoms. The summed E-state index contributed by atoms with van der Waals surface area (Å²) in [5.41, 5.74) is 2.30. The third kappa shape index (κ3) is 3.11. The Morgan fingerprint density at radius 2 is 1.65 bits per heavy atom. The zero-order chi connectivity index (χ0) is 12.8. The minimum atomic E-state index is 0.979. The fourth-order valence-electron chi connectivity index (χ4n) is 1.97. The molecule has 1 aromatic carbocycles. The van der Waals surface area contributed by atoms with E-state index in [0.717, 1.165) is 18.8 Å². The molecule has 0 saturated heterocycles. The maximum absolute atomic E-state index is 3.24. The van der Waals surface area contributed by atoms with E-state index in [1.807, 2.05) is 13.1 Å². The average Bonchev–Trinajstić information content (AvgIpc) is 2.35. The van der Waals surface area contributed by atoms with Crippen LogP contribution in [0, 0.1) is 0 Å². The topological polar surface area (TPSA) is 21.8 Å². The lowest BCUT2D eigenvalue weighted by Gasteiger charge is -2.40. The molecule has 0 unspecified atom stereocenters. The van der Waals surface area contributed by atoms with Crippen LogP contribution in [-0.2, 0) is 0 Å². The summed E-state index contributed by atoms with van der Waals surface area (Å²) in [4.78, 5) is 0. The second-order valence-corrected chi connectivity index (χ2v) is 4.04. The average molecular weight is 236 g/mol. The number of para-hydroxylation sites is 2. The van der Waals surface area contributed by atoms with Gasteiger partial charge in [-0.05, 0) is 12.1 Å². The highest BCUT2D eigenvalue weighted by molar-refractivity contribution is 5.68. The van der Waals surface area contributed by atoms with E-state index in [9.17, 15) is 0 Å². The predicted octanol–water partition coefficient (Wildman–Crippen LogP) is 2.27. The molecule has 0 aliphatic heterocycles. The van der Waals surface area contributed by atoms with Crippen LogP contribution in [0.3, 0.4) is 0 Å². The number of anilines is 2. The first-order valence-corrected chi connectivity index (χ1v) is 6.14. The van der Waals surface area contributed by atoms with Gasteiger partial charge in [-0.1, -0.05) is 26.0 Å². The van der Waals surface area contributed by atoms with E-state index in [0.29, 0.717) is 0 Å². The maximum atomic E-state index is 3.24. The van der Waals surface area contributed by atoms with Crippen molar-refractivity contribution < 1.29 is 0 Å². The third-order valence-electron chi connectivity index (χ3n) is 2.77. The Balaban J connectivity index is 3.13. The largest absolute Gasteiger partial charge is 0.386 e. The fraction of sp³-hybridized carbons (Fsp3) is 0.538. The summed E-state index contributed by atoms with van der Waals surface area (Å²) in [5, 5.41) is 9.83. The van der Waals surface area contributed by atoms with Crippen molar-refractivity contribution in [1.82, 2.24) is 10.0 Å². The molecule has 96 valence electrons. The molecular formula is C13H24N4. The summed E-state index contributed by atoms with van der Waals surface area (Å²) in [6.45, 7) is 6.30. The smallest absolute Gasteiger partial charge is 0.0938 e. The van der Waals surface area contributed by atoms with Crippen LogP contribution in [0.15, 0.2) is 24.3 Å². The molecule has 1 aromatic rings. The van der Waals surface area contributed by atoms with Crippen molar-refractivity contribution in [1.29, 1.82) is 0 Å². The number of nitrogens with zero attached hydrogens (tertiary/aromatic N) is 3. The zero-order valence-corrected chi connectivity index (χ0v) is 11.6. The Bertz CT molecular complexity index is 334. The molecule has 0 bridgehead atoms. The number of nitrogens with one attached hydrogen (secondary N) is 1. The Hall–Kier alpha value is -1.26. The van der Waals surface area contributed by atoms with Gasteiger partial charge in [0.1, 0.15) is 0 Å². The molecule has 0 aliphatic carbocycles. The van der Waals surface area contributed by atoms with E-state index in [4.69, 9.17) is 0 Å². The van der Waals surface area contributed by atoms with Crippen LogP contribution in [0.1, 0.15) is 13.8 Å². The van der Waals surface area contributed by atoms with Crippen LogP contribution in [0.2, 0.25) is 0 Å². The molecule has 4 nitrogen and oxygen atoms in total. The van der Waals surface area contributed by atoms with Gasteiger partial charge in [0.2, 0.25) is 0 Å². The molecular weight excluding hydrogens is 212 g/mol. The van der Waals surface area contributed by atoms with E-state index in [-0.39, 0.29) is 0 Å². The van der Waals surface area contributed by atoms with Crippen molar-refractivity contribution in [3.8, 4) is 0 Å². The molecule has 0 atom stereocenters. The Morgan fingerprint density at radius 1 is 1.06 bits per heavy atom. The quantitative estimate of drug-likeness (QED) is 0.765. The van der Waals surface area contributed by atoms with Gasteiger partial charge < -0.3 is 5.32 Å². The van der Waals surface area contributed by atoms with Gasteiger partial charge in [-0.2, -0.15) is 0 Å². The highest BCUT2D eigenvalue weighted by atomic mass is 15.8. The summed E-state index contributed by atoms with van der Waals surface area (Å²) in [6, 6.07) is 8.33. The molecule has 0 fully saturated rings. The lowest BCUT2D eigenvalue weighted by Crippen LogP contribution is -2.50. The van der Waals surface area contributed by atoms with Crippen LogP contribution in [0.25, 0.3) is 0 Å². The fourth-order valence-corrected chi connectivity index (χ4v) is 1.97. The van der Waals surface area contributed by atoms with Crippen molar-refractivity contribution in [2.24, 2.45) is 0 Å². The van der Waals surface area contributed by atoms with Gasteiger partial charge in [0.15, 0.2) is 0 Å². The maximum Gasteiger partial charge on any atom is 0.0938 e. The summed E-state index contributed by atoms with van der Waals surface area (Å²) < 4.78 is 0. The molecule has 0 heterocycles. The standard InChI is InChI=1S/C13H24N4/c1-6-16(7-2)17(15(4)5)13-11-9-8-10-12(13)14-3/h8-11,14H,6-7H2,1-5H3. The van der Waals surface area contributed by atoms with Gasteiger partial charge in [-0.25, -0.2) is 15.1 Å². The Kier molecular flexibility index (Phi) is 5.25. The van der Waals surface area contributed by atoms with E-state index < -0.39 is 0 Å². The minimum absolute atomic E-state index is 0.979. The van der Waals surface area contributed by atoms with Crippen molar-refractivity contribution in [2.45, 2.75) is 13.8 Å². The summed E-state index contributed by atoms with van der Waals surface area (Å²) in [5.74, 6) is 0. The Morgan fingerprint density at radius 3 is 2.12 bits per heavy atom. The summed E-state index contributed by atoms with van der Waals surface area (Å²) in [6.07, 6.45) is 0. The minimum Gasteiger partial charge on any atom is -0.386 e. The molecule has 0 aliphatic rings. The monoisotopic (exact) mass is 236 g/mol. The van der Waals surface area contributed by atoms with Crippen LogP contribution in [0.4, 0.5) is 11.4 Å². The number of hydrogen-bond donors (Lipinski definition) is 1. The van der Waals surface area contributed by atoms with Crippen LogP contribution in [-0.4, -0.2) is 44.3 Å². The zero-order valence-electron chi connectivity index (χ0n) is 11.6. The lowest BCUT2D eigenvalue weighted by molar-refractivity contribution is 0.151. The molecule has 0 amide bonds.